The predicted molar refractivity (Wildman–Crippen MR) is 128 cm³/mol. The van der Waals surface area contributed by atoms with Crippen LogP contribution in [-0.2, 0) is 13.2 Å². The monoisotopic (exact) mass is 438 g/mol. The van der Waals surface area contributed by atoms with Crippen molar-refractivity contribution in [2.24, 2.45) is 5.73 Å². The van der Waals surface area contributed by atoms with Gasteiger partial charge in [0.2, 0.25) is 0 Å². The fourth-order valence-electron chi connectivity index (χ4n) is 3.49. The highest BCUT2D eigenvalue weighted by molar-refractivity contribution is 7.99. The second kappa shape index (κ2) is 9.26. The van der Waals surface area contributed by atoms with Crippen molar-refractivity contribution in [3.8, 4) is 17.1 Å². The molecule has 5 rings (SSSR count). The van der Waals surface area contributed by atoms with Gasteiger partial charge in [-0.05, 0) is 41.5 Å². The van der Waals surface area contributed by atoms with Crippen LogP contribution >= 0.6 is 11.8 Å². The molecule has 0 aliphatic carbocycles. The van der Waals surface area contributed by atoms with Gasteiger partial charge >= 0.3 is 0 Å². The molecular weight excluding hydrogens is 416 g/mol. The number of pyridine rings is 1. The van der Waals surface area contributed by atoms with Crippen molar-refractivity contribution < 1.29 is 4.74 Å². The van der Waals surface area contributed by atoms with Crippen LogP contribution in [0.15, 0.2) is 107 Å². The van der Waals surface area contributed by atoms with E-state index in [1.807, 2.05) is 65.1 Å². The summed E-state index contributed by atoms with van der Waals surface area (Å²) in [7, 11) is 0. The molecule has 5 aromatic rings. The van der Waals surface area contributed by atoms with Crippen LogP contribution in [0.5, 0.6) is 5.75 Å². The number of benzene rings is 3. The Kier molecular flexibility index (Phi) is 5.87. The standard InChI is InChI=1S/C26H22N4OS/c27-16-21-9-4-5-12-24(21)32-23-13-14-25-28-29-26(30(25)17-23)20-10-6-11-22(15-20)31-18-19-7-2-1-3-8-19/h1-15,17H,16,18,27H2. The third-order valence-electron chi connectivity index (χ3n) is 5.14. The molecule has 0 saturated carbocycles. The minimum Gasteiger partial charge on any atom is -0.489 e. The Hall–Kier alpha value is -3.61. The number of ether oxygens (including phenoxy) is 1. The summed E-state index contributed by atoms with van der Waals surface area (Å²) < 4.78 is 8.02. The first kappa shape index (κ1) is 20.3. The predicted octanol–water partition coefficient (Wildman–Crippen LogP) is 5.59. The van der Waals surface area contributed by atoms with Crippen molar-refractivity contribution in [2.75, 3.05) is 0 Å². The minimum absolute atomic E-state index is 0.513. The van der Waals surface area contributed by atoms with Crippen LogP contribution in [0.1, 0.15) is 11.1 Å². The maximum atomic E-state index is 6.00. The SMILES string of the molecule is NCc1ccccc1Sc1ccc2nnc(-c3cccc(OCc4ccccc4)c3)n2c1. The number of rotatable bonds is 7. The number of nitrogens with two attached hydrogens (primary N) is 1. The number of hydrogen-bond acceptors (Lipinski definition) is 5. The van der Waals surface area contributed by atoms with Crippen LogP contribution in [-0.4, -0.2) is 14.6 Å². The highest BCUT2D eigenvalue weighted by atomic mass is 32.2. The van der Waals surface area contributed by atoms with Gasteiger partial charge in [0.05, 0.1) is 0 Å². The average Bonchev–Trinajstić information content (AvgIpc) is 3.27. The zero-order chi connectivity index (χ0) is 21.8. The molecule has 6 heteroatoms. The summed E-state index contributed by atoms with van der Waals surface area (Å²) in [5.74, 6) is 1.57. The lowest BCUT2D eigenvalue weighted by atomic mass is 10.2. The first-order chi connectivity index (χ1) is 15.8. The number of hydrogen-bond donors (Lipinski definition) is 1. The maximum absolute atomic E-state index is 6.00. The van der Waals surface area contributed by atoms with E-state index in [-0.39, 0.29) is 0 Å². The lowest BCUT2D eigenvalue weighted by Gasteiger charge is -2.09. The van der Waals surface area contributed by atoms with Gasteiger partial charge in [-0.15, -0.1) is 10.2 Å². The molecule has 0 amide bonds. The van der Waals surface area contributed by atoms with E-state index in [4.69, 9.17) is 10.5 Å². The lowest BCUT2D eigenvalue weighted by Crippen LogP contribution is -1.98. The summed E-state index contributed by atoms with van der Waals surface area (Å²) in [6.45, 7) is 1.03. The summed E-state index contributed by atoms with van der Waals surface area (Å²) >= 11 is 1.69. The Balaban J connectivity index is 1.42. The van der Waals surface area contributed by atoms with E-state index < -0.39 is 0 Å². The molecule has 3 aromatic carbocycles. The van der Waals surface area contributed by atoms with E-state index in [1.165, 1.54) is 0 Å². The third-order valence-corrected chi connectivity index (χ3v) is 6.23. The second-order valence-corrected chi connectivity index (χ2v) is 8.45. The van der Waals surface area contributed by atoms with Crippen LogP contribution in [0.2, 0.25) is 0 Å². The second-order valence-electron chi connectivity index (χ2n) is 7.33. The van der Waals surface area contributed by atoms with E-state index in [9.17, 15) is 0 Å². The number of aromatic nitrogens is 3. The Bertz CT molecular complexity index is 1350. The van der Waals surface area contributed by atoms with Crippen LogP contribution in [0.4, 0.5) is 0 Å². The average molecular weight is 439 g/mol. The summed E-state index contributed by atoms with van der Waals surface area (Å²) in [6.07, 6.45) is 2.07. The molecule has 0 bridgehead atoms. The summed E-state index contributed by atoms with van der Waals surface area (Å²) in [5, 5.41) is 8.78. The van der Waals surface area contributed by atoms with Crippen molar-refractivity contribution in [3.05, 3.63) is 108 Å². The molecule has 2 aromatic heterocycles. The molecule has 5 nitrogen and oxygen atoms in total. The Morgan fingerprint density at radius 2 is 1.69 bits per heavy atom. The molecule has 0 radical (unpaired) electrons. The first-order valence-corrected chi connectivity index (χ1v) is 11.2. The van der Waals surface area contributed by atoms with E-state index >= 15 is 0 Å². The third kappa shape index (κ3) is 4.37. The normalized spacial score (nSPS) is 11.0. The molecule has 0 aliphatic rings. The van der Waals surface area contributed by atoms with Crippen molar-refractivity contribution in [1.82, 2.24) is 14.6 Å². The number of nitrogens with zero attached hydrogens (tertiary/aromatic N) is 3. The van der Waals surface area contributed by atoms with Gasteiger partial charge in [0.1, 0.15) is 12.4 Å². The van der Waals surface area contributed by atoms with Gasteiger partial charge in [-0.3, -0.25) is 4.40 Å². The van der Waals surface area contributed by atoms with Gasteiger partial charge in [-0.1, -0.05) is 72.4 Å². The zero-order valence-electron chi connectivity index (χ0n) is 17.4. The lowest BCUT2D eigenvalue weighted by molar-refractivity contribution is 0.306. The van der Waals surface area contributed by atoms with Gasteiger partial charge < -0.3 is 10.5 Å². The molecule has 0 unspecified atom stereocenters. The molecule has 158 valence electrons. The maximum Gasteiger partial charge on any atom is 0.168 e. The molecule has 0 aliphatic heterocycles. The summed E-state index contributed by atoms with van der Waals surface area (Å²) in [5.41, 5.74) is 9.91. The molecule has 2 N–H and O–H groups in total. The molecule has 0 fully saturated rings. The minimum atomic E-state index is 0.513. The summed E-state index contributed by atoms with van der Waals surface area (Å²) in [4.78, 5) is 2.25. The highest BCUT2D eigenvalue weighted by Gasteiger charge is 2.11. The fraction of sp³-hybridized carbons (Fsp3) is 0.0769. The Morgan fingerprint density at radius 1 is 0.844 bits per heavy atom. The number of fused-ring (bicyclic) bond motifs is 1. The molecule has 0 saturated heterocycles. The van der Waals surface area contributed by atoms with E-state index in [1.54, 1.807) is 11.8 Å². The largest absolute Gasteiger partial charge is 0.489 e. The fourth-order valence-corrected chi connectivity index (χ4v) is 4.47. The smallest absolute Gasteiger partial charge is 0.168 e. The quantitative estimate of drug-likeness (QED) is 0.359. The van der Waals surface area contributed by atoms with Crippen molar-refractivity contribution in [2.45, 2.75) is 22.9 Å². The van der Waals surface area contributed by atoms with E-state index in [0.29, 0.717) is 13.2 Å². The van der Waals surface area contributed by atoms with Crippen LogP contribution in [0.3, 0.4) is 0 Å². The van der Waals surface area contributed by atoms with Gasteiger partial charge in [-0.25, -0.2) is 0 Å². The van der Waals surface area contributed by atoms with Gasteiger partial charge in [0, 0.05) is 28.1 Å². The van der Waals surface area contributed by atoms with Gasteiger partial charge in [-0.2, -0.15) is 0 Å². The van der Waals surface area contributed by atoms with Gasteiger partial charge in [0.15, 0.2) is 11.5 Å². The van der Waals surface area contributed by atoms with Crippen molar-refractivity contribution in [3.63, 3.8) is 0 Å². The van der Waals surface area contributed by atoms with Crippen molar-refractivity contribution in [1.29, 1.82) is 0 Å². The molecule has 0 atom stereocenters. The highest BCUT2D eigenvalue weighted by Crippen LogP contribution is 2.31. The van der Waals surface area contributed by atoms with Crippen LogP contribution in [0, 0.1) is 0 Å². The molecule has 32 heavy (non-hydrogen) atoms. The van der Waals surface area contributed by atoms with Crippen LogP contribution < -0.4 is 10.5 Å². The first-order valence-electron chi connectivity index (χ1n) is 10.4. The van der Waals surface area contributed by atoms with E-state index in [0.717, 1.165) is 43.7 Å². The van der Waals surface area contributed by atoms with Crippen molar-refractivity contribution >= 4 is 17.4 Å². The van der Waals surface area contributed by atoms with Crippen LogP contribution in [0.25, 0.3) is 17.0 Å². The molecule has 0 spiro atoms. The molecular formula is C26H22N4OS. The zero-order valence-corrected chi connectivity index (χ0v) is 18.2. The Morgan fingerprint density at radius 3 is 2.56 bits per heavy atom. The molecule has 2 heterocycles. The van der Waals surface area contributed by atoms with E-state index in [2.05, 4.69) is 46.7 Å². The topological polar surface area (TPSA) is 65.4 Å². The van der Waals surface area contributed by atoms with Gasteiger partial charge in [0.25, 0.3) is 0 Å². The summed E-state index contributed by atoms with van der Waals surface area (Å²) in [6, 6.07) is 30.3. The Labute approximate surface area is 190 Å².